The Morgan fingerprint density at radius 1 is 1.28 bits per heavy atom. The van der Waals surface area contributed by atoms with E-state index in [1.165, 1.54) is 19.3 Å². The molecule has 1 heterocycles. The standard InChI is InChI=1S/C19H36N4O2/c1-3-20-18(21-9-6-10-23-11-13-24-14-12-23)22-16-15-17(25-4-2)19(16)7-5-8-19/h16-17H,3-15H2,1-2H3,(H2,20,21,22). The van der Waals surface area contributed by atoms with Crippen molar-refractivity contribution in [3.8, 4) is 0 Å². The lowest BCUT2D eigenvalue weighted by atomic mass is 9.51. The van der Waals surface area contributed by atoms with Gasteiger partial charge in [0.15, 0.2) is 5.96 Å². The van der Waals surface area contributed by atoms with Crippen LogP contribution in [0.2, 0.25) is 0 Å². The number of rotatable bonds is 8. The highest BCUT2D eigenvalue weighted by Gasteiger charge is 2.59. The first-order valence-corrected chi connectivity index (χ1v) is 10.2. The maximum absolute atomic E-state index is 5.96. The fourth-order valence-corrected chi connectivity index (χ4v) is 4.44. The third kappa shape index (κ3) is 4.47. The van der Waals surface area contributed by atoms with Crippen molar-refractivity contribution in [1.29, 1.82) is 0 Å². The molecule has 1 saturated heterocycles. The van der Waals surface area contributed by atoms with Crippen molar-refractivity contribution >= 4 is 5.96 Å². The minimum atomic E-state index is 0.375. The van der Waals surface area contributed by atoms with Crippen molar-refractivity contribution in [1.82, 2.24) is 15.5 Å². The van der Waals surface area contributed by atoms with Crippen molar-refractivity contribution in [2.75, 3.05) is 52.5 Å². The van der Waals surface area contributed by atoms with Crippen LogP contribution in [0.25, 0.3) is 0 Å². The van der Waals surface area contributed by atoms with Gasteiger partial charge < -0.3 is 20.1 Å². The summed E-state index contributed by atoms with van der Waals surface area (Å²) in [7, 11) is 0. The van der Waals surface area contributed by atoms with Crippen LogP contribution in [0, 0.1) is 5.41 Å². The Morgan fingerprint density at radius 3 is 2.72 bits per heavy atom. The van der Waals surface area contributed by atoms with Gasteiger partial charge >= 0.3 is 0 Å². The molecule has 3 aliphatic rings. The molecule has 3 rings (SSSR count). The van der Waals surface area contributed by atoms with Gasteiger partial charge in [0.2, 0.25) is 0 Å². The number of guanidine groups is 1. The number of nitrogens with one attached hydrogen (secondary N) is 2. The fourth-order valence-electron chi connectivity index (χ4n) is 4.44. The largest absolute Gasteiger partial charge is 0.379 e. The molecule has 2 saturated carbocycles. The monoisotopic (exact) mass is 352 g/mol. The Hall–Kier alpha value is -0.850. The minimum absolute atomic E-state index is 0.375. The van der Waals surface area contributed by atoms with Crippen molar-refractivity contribution < 1.29 is 9.47 Å². The van der Waals surface area contributed by atoms with Gasteiger partial charge in [-0.3, -0.25) is 9.89 Å². The summed E-state index contributed by atoms with van der Waals surface area (Å²) in [5.74, 6) is 0.982. The first kappa shape index (κ1) is 18.9. The molecule has 1 aliphatic heterocycles. The molecule has 0 bridgehead atoms. The quantitative estimate of drug-likeness (QED) is 0.395. The topological polar surface area (TPSA) is 58.1 Å². The number of hydrogen-bond acceptors (Lipinski definition) is 4. The molecule has 3 fully saturated rings. The summed E-state index contributed by atoms with van der Waals surface area (Å²) < 4.78 is 11.4. The van der Waals surface area contributed by atoms with Gasteiger partial charge in [-0.1, -0.05) is 6.42 Å². The van der Waals surface area contributed by atoms with E-state index in [1.807, 2.05) is 0 Å². The molecule has 0 aromatic rings. The van der Waals surface area contributed by atoms with Crippen molar-refractivity contribution in [3.05, 3.63) is 0 Å². The molecule has 0 aromatic carbocycles. The van der Waals surface area contributed by atoms with Crippen LogP contribution in [0.3, 0.4) is 0 Å². The van der Waals surface area contributed by atoms with Crippen LogP contribution in [0.4, 0.5) is 0 Å². The van der Waals surface area contributed by atoms with E-state index in [9.17, 15) is 0 Å². The lowest BCUT2D eigenvalue weighted by Crippen LogP contribution is -2.68. The second-order valence-electron chi connectivity index (χ2n) is 7.53. The maximum atomic E-state index is 5.96. The lowest BCUT2D eigenvalue weighted by molar-refractivity contribution is -0.168. The molecule has 2 unspecified atom stereocenters. The minimum Gasteiger partial charge on any atom is -0.379 e. The van der Waals surface area contributed by atoms with Crippen LogP contribution < -0.4 is 10.6 Å². The molecule has 2 aliphatic carbocycles. The SMILES string of the molecule is CCNC(=NCCCN1CCOCC1)NC1CC(OCC)C12CCC2. The van der Waals surface area contributed by atoms with E-state index >= 15 is 0 Å². The number of hydrogen-bond donors (Lipinski definition) is 2. The highest BCUT2D eigenvalue weighted by atomic mass is 16.5. The third-order valence-electron chi connectivity index (χ3n) is 6.10. The molecule has 25 heavy (non-hydrogen) atoms. The van der Waals surface area contributed by atoms with Gasteiger partial charge in [-0.2, -0.15) is 0 Å². The summed E-state index contributed by atoms with van der Waals surface area (Å²) in [5.41, 5.74) is 0.375. The molecule has 2 atom stereocenters. The van der Waals surface area contributed by atoms with E-state index in [-0.39, 0.29) is 0 Å². The van der Waals surface area contributed by atoms with E-state index in [0.29, 0.717) is 17.6 Å². The van der Waals surface area contributed by atoms with Gasteiger partial charge in [-0.15, -0.1) is 0 Å². The van der Waals surface area contributed by atoms with E-state index in [2.05, 4.69) is 29.4 Å². The molecular formula is C19H36N4O2. The average molecular weight is 353 g/mol. The fraction of sp³-hybridized carbons (Fsp3) is 0.947. The first-order valence-electron chi connectivity index (χ1n) is 10.2. The lowest BCUT2D eigenvalue weighted by Gasteiger charge is -2.61. The second-order valence-corrected chi connectivity index (χ2v) is 7.53. The van der Waals surface area contributed by atoms with Crippen LogP contribution in [0.1, 0.15) is 46.0 Å². The summed E-state index contributed by atoms with van der Waals surface area (Å²) >= 11 is 0. The van der Waals surface area contributed by atoms with Gasteiger partial charge in [0.1, 0.15) is 0 Å². The molecule has 6 heteroatoms. The number of aliphatic imine (C=N–C) groups is 1. The van der Waals surface area contributed by atoms with Crippen molar-refractivity contribution in [3.63, 3.8) is 0 Å². The van der Waals surface area contributed by atoms with Gasteiger partial charge in [-0.25, -0.2) is 0 Å². The van der Waals surface area contributed by atoms with Crippen molar-refractivity contribution in [2.24, 2.45) is 10.4 Å². The molecule has 1 spiro atoms. The molecule has 0 radical (unpaired) electrons. The molecule has 0 aromatic heterocycles. The van der Waals surface area contributed by atoms with E-state index < -0.39 is 0 Å². The Morgan fingerprint density at radius 2 is 2.08 bits per heavy atom. The zero-order valence-corrected chi connectivity index (χ0v) is 16.1. The van der Waals surface area contributed by atoms with E-state index in [4.69, 9.17) is 14.5 Å². The Balaban J connectivity index is 1.44. The summed E-state index contributed by atoms with van der Waals surface area (Å²) in [6.07, 6.45) is 6.61. The zero-order valence-electron chi connectivity index (χ0n) is 16.1. The third-order valence-corrected chi connectivity index (χ3v) is 6.10. The van der Waals surface area contributed by atoms with Crippen LogP contribution >= 0.6 is 0 Å². The van der Waals surface area contributed by atoms with Gasteiger partial charge in [0.25, 0.3) is 0 Å². The first-order chi connectivity index (χ1) is 12.3. The van der Waals surface area contributed by atoms with Gasteiger partial charge in [0.05, 0.1) is 19.3 Å². The molecule has 0 amide bonds. The van der Waals surface area contributed by atoms with Crippen LogP contribution in [0.5, 0.6) is 0 Å². The highest BCUT2D eigenvalue weighted by molar-refractivity contribution is 5.80. The zero-order chi connectivity index (χ0) is 17.5. The summed E-state index contributed by atoms with van der Waals surface area (Å²) in [5, 5.41) is 7.12. The summed E-state index contributed by atoms with van der Waals surface area (Å²) in [6.45, 7) is 11.8. The highest BCUT2D eigenvalue weighted by Crippen LogP contribution is 2.57. The Labute approximate surface area is 152 Å². The van der Waals surface area contributed by atoms with Gasteiger partial charge in [-0.05, 0) is 39.5 Å². The average Bonchev–Trinajstić information content (AvgIpc) is 2.57. The van der Waals surface area contributed by atoms with E-state index in [0.717, 1.165) is 71.3 Å². The maximum Gasteiger partial charge on any atom is 0.191 e. The number of nitrogens with zero attached hydrogens (tertiary/aromatic N) is 2. The van der Waals surface area contributed by atoms with Gasteiger partial charge in [0, 0.05) is 50.8 Å². The molecule has 2 N–H and O–H groups in total. The van der Waals surface area contributed by atoms with Crippen molar-refractivity contribution in [2.45, 2.75) is 58.1 Å². The Bertz CT molecular complexity index is 433. The van der Waals surface area contributed by atoms with E-state index in [1.54, 1.807) is 0 Å². The molecule has 144 valence electrons. The second kappa shape index (κ2) is 9.19. The normalized spacial score (nSPS) is 29.1. The predicted molar refractivity (Wildman–Crippen MR) is 101 cm³/mol. The number of ether oxygens (including phenoxy) is 2. The molecule has 6 nitrogen and oxygen atoms in total. The predicted octanol–water partition coefficient (Wildman–Crippen LogP) is 1.61. The summed E-state index contributed by atoms with van der Waals surface area (Å²) in [4.78, 5) is 7.28. The smallest absolute Gasteiger partial charge is 0.191 e. The van der Waals surface area contributed by atoms with Crippen LogP contribution in [-0.4, -0.2) is 75.5 Å². The van der Waals surface area contributed by atoms with Crippen LogP contribution in [0.15, 0.2) is 4.99 Å². The number of morpholine rings is 1. The molecular weight excluding hydrogens is 316 g/mol. The summed E-state index contributed by atoms with van der Waals surface area (Å²) in [6, 6.07) is 0.523. The van der Waals surface area contributed by atoms with Crippen LogP contribution in [-0.2, 0) is 9.47 Å². The Kier molecular flexibility index (Phi) is 6.96.